The summed E-state index contributed by atoms with van der Waals surface area (Å²) in [7, 11) is 0. The average Bonchev–Trinajstić information content (AvgIpc) is 3.06. The zero-order valence-corrected chi connectivity index (χ0v) is 11.0. The van der Waals surface area contributed by atoms with Crippen molar-refractivity contribution in [1.82, 2.24) is 5.32 Å². The van der Waals surface area contributed by atoms with Gasteiger partial charge < -0.3 is 9.73 Å². The zero-order chi connectivity index (χ0) is 12.5. The lowest BCUT2D eigenvalue weighted by Gasteiger charge is -2.08. The topological polar surface area (TPSA) is 25.2 Å². The van der Waals surface area contributed by atoms with Crippen molar-refractivity contribution < 1.29 is 4.42 Å². The van der Waals surface area contributed by atoms with Crippen molar-refractivity contribution in [3.8, 4) is 11.1 Å². The van der Waals surface area contributed by atoms with Gasteiger partial charge in [0.1, 0.15) is 5.76 Å². The fourth-order valence-electron chi connectivity index (χ4n) is 2.36. The highest BCUT2D eigenvalue weighted by atomic mass is 16.3. The first kappa shape index (κ1) is 11.5. The molecule has 94 valence electrons. The molecule has 1 N–H and O–H groups in total. The molecule has 1 aliphatic rings. The summed E-state index contributed by atoms with van der Waals surface area (Å²) in [6, 6.07) is 9.35. The van der Waals surface area contributed by atoms with E-state index < -0.39 is 0 Å². The van der Waals surface area contributed by atoms with Gasteiger partial charge in [-0.05, 0) is 43.9 Å². The van der Waals surface area contributed by atoms with E-state index in [-0.39, 0.29) is 0 Å². The standard InChI is InChI=1S/C16H19NO/c1-11-3-6-14(12(2)9-11)15-7-8-18-16(15)10-17-13-4-5-13/h3,6-9,13,17H,4-5,10H2,1-2H3. The first-order valence-corrected chi connectivity index (χ1v) is 6.61. The molecular weight excluding hydrogens is 222 g/mol. The average molecular weight is 241 g/mol. The Morgan fingerprint density at radius 3 is 2.72 bits per heavy atom. The number of hydrogen-bond acceptors (Lipinski definition) is 2. The number of furan rings is 1. The van der Waals surface area contributed by atoms with Crippen LogP contribution in [0.2, 0.25) is 0 Å². The molecule has 2 heteroatoms. The molecule has 1 aromatic carbocycles. The molecule has 1 fully saturated rings. The van der Waals surface area contributed by atoms with Gasteiger partial charge in [0.25, 0.3) is 0 Å². The third-order valence-electron chi connectivity index (χ3n) is 3.55. The molecule has 0 spiro atoms. The minimum atomic E-state index is 0.710. The van der Waals surface area contributed by atoms with Crippen LogP contribution in [0.25, 0.3) is 11.1 Å². The van der Waals surface area contributed by atoms with E-state index in [1.807, 2.05) is 0 Å². The van der Waals surface area contributed by atoms with Crippen LogP contribution in [-0.2, 0) is 6.54 Å². The maximum absolute atomic E-state index is 5.62. The van der Waals surface area contributed by atoms with Gasteiger partial charge in [0.2, 0.25) is 0 Å². The molecule has 0 aliphatic heterocycles. The van der Waals surface area contributed by atoms with Crippen LogP contribution in [0.5, 0.6) is 0 Å². The molecule has 0 atom stereocenters. The Morgan fingerprint density at radius 2 is 2.00 bits per heavy atom. The van der Waals surface area contributed by atoms with E-state index in [2.05, 4.69) is 43.4 Å². The van der Waals surface area contributed by atoms with Crippen molar-refractivity contribution >= 4 is 0 Å². The van der Waals surface area contributed by atoms with Gasteiger partial charge in [-0.15, -0.1) is 0 Å². The molecule has 2 aromatic rings. The molecule has 2 nitrogen and oxygen atoms in total. The van der Waals surface area contributed by atoms with E-state index in [1.165, 1.54) is 35.1 Å². The normalized spacial score (nSPS) is 15.0. The first-order valence-electron chi connectivity index (χ1n) is 6.61. The van der Waals surface area contributed by atoms with Crippen LogP contribution < -0.4 is 5.32 Å². The second-order valence-corrected chi connectivity index (χ2v) is 5.23. The van der Waals surface area contributed by atoms with Crippen LogP contribution >= 0.6 is 0 Å². The van der Waals surface area contributed by atoms with E-state index >= 15 is 0 Å². The van der Waals surface area contributed by atoms with E-state index in [1.54, 1.807) is 6.26 Å². The van der Waals surface area contributed by atoms with Crippen molar-refractivity contribution in [3.05, 3.63) is 47.4 Å². The van der Waals surface area contributed by atoms with E-state index in [9.17, 15) is 0 Å². The molecule has 0 bridgehead atoms. The van der Waals surface area contributed by atoms with Crippen molar-refractivity contribution in [1.29, 1.82) is 0 Å². The summed E-state index contributed by atoms with van der Waals surface area (Å²) in [6.45, 7) is 5.12. The van der Waals surface area contributed by atoms with Crippen molar-refractivity contribution in [2.75, 3.05) is 0 Å². The summed E-state index contributed by atoms with van der Waals surface area (Å²) in [4.78, 5) is 0. The van der Waals surface area contributed by atoms with Crippen LogP contribution in [0.15, 0.2) is 34.9 Å². The summed E-state index contributed by atoms with van der Waals surface area (Å²) in [5.41, 5.74) is 5.11. The zero-order valence-electron chi connectivity index (χ0n) is 11.0. The maximum Gasteiger partial charge on any atom is 0.125 e. The highest BCUT2D eigenvalue weighted by Crippen LogP contribution is 2.29. The maximum atomic E-state index is 5.62. The molecule has 3 rings (SSSR count). The van der Waals surface area contributed by atoms with Crippen molar-refractivity contribution in [2.24, 2.45) is 0 Å². The summed E-state index contributed by atoms with van der Waals surface area (Å²) in [5, 5.41) is 3.51. The van der Waals surface area contributed by atoms with Crippen LogP contribution in [0.3, 0.4) is 0 Å². The van der Waals surface area contributed by atoms with Crippen LogP contribution in [0.1, 0.15) is 29.7 Å². The Kier molecular flexibility index (Phi) is 2.96. The summed E-state index contributed by atoms with van der Waals surface area (Å²) in [6.07, 6.45) is 4.40. The predicted molar refractivity (Wildman–Crippen MR) is 73.5 cm³/mol. The van der Waals surface area contributed by atoms with Gasteiger partial charge in [0, 0.05) is 11.6 Å². The number of hydrogen-bond donors (Lipinski definition) is 1. The molecule has 18 heavy (non-hydrogen) atoms. The third kappa shape index (κ3) is 2.34. The fraction of sp³-hybridized carbons (Fsp3) is 0.375. The van der Waals surface area contributed by atoms with Crippen LogP contribution in [0.4, 0.5) is 0 Å². The van der Waals surface area contributed by atoms with Gasteiger partial charge in [-0.2, -0.15) is 0 Å². The Bertz CT molecular complexity index is 552. The van der Waals surface area contributed by atoms with Gasteiger partial charge in [0.15, 0.2) is 0 Å². The molecule has 0 radical (unpaired) electrons. The molecule has 0 unspecified atom stereocenters. The van der Waals surface area contributed by atoms with Crippen molar-refractivity contribution in [2.45, 2.75) is 39.3 Å². The molecule has 1 aliphatic carbocycles. The fourth-order valence-corrected chi connectivity index (χ4v) is 2.36. The molecule has 1 heterocycles. The Hall–Kier alpha value is -1.54. The molecule has 1 saturated carbocycles. The third-order valence-corrected chi connectivity index (χ3v) is 3.55. The smallest absolute Gasteiger partial charge is 0.125 e. The lowest BCUT2D eigenvalue weighted by molar-refractivity contribution is 0.483. The SMILES string of the molecule is Cc1ccc(-c2ccoc2CNC2CC2)c(C)c1. The second-order valence-electron chi connectivity index (χ2n) is 5.23. The lowest BCUT2D eigenvalue weighted by atomic mass is 9.99. The van der Waals surface area contributed by atoms with Gasteiger partial charge in [-0.25, -0.2) is 0 Å². The Balaban J connectivity index is 1.88. The highest BCUT2D eigenvalue weighted by molar-refractivity contribution is 5.69. The minimum Gasteiger partial charge on any atom is -0.467 e. The van der Waals surface area contributed by atoms with Crippen LogP contribution in [-0.4, -0.2) is 6.04 Å². The van der Waals surface area contributed by atoms with Gasteiger partial charge in [0.05, 0.1) is 12.8 Å². The Labute approximate surface area is 108 Å². The van der Waals surface area contributed by atoms with E-state index in [0.29, 0.717) is 6.04 Å². The first-order chi connectivity index (χ1) is 8.74. The summed E-state index contributed by atoms with van der Waals surface area (Å²) < 4.78 is 5.62. The second kappa shape index (κ2) is 4.62. The molecular formula is C16H19NO. The van der Waals surface area contributed by atoms with Gasteiger partial charge in [-0.3, -0.25) is 0 Å². The molecule has 0 amide bonds. The Morgan fingerprint density at radius 1 is 1.17 bits per heavy atom. The lowest BCUT2D eigenvalue weighted by Crippen LogP contribution is -2.15. The monoisotopic (exact) mass is 241 g/mol. The van der Waals surface area contributed by atoms with E-state index in [0.717, 1.165) is 12.3 Å². The minimum absolute atomic E-state index is 0.710. The number of rotatable bonds is 4. The highest BCUT2D eigenvalue weighted by Gasteiger charge is 2.21. The van der Waals surface area contributed by atoms with Gasteiger partial charge >= 0.3 is 0 Å². The predicted octanol–water partition coefficient (Wildman–Crippen LogP) is 3.82. The number of nitrogens with one attached hydrogen (secondary N) is 1. The van der Waals surface area contributed by atoms with Crippen LogP contribution in [0, 0.1) is 13.8 Å². The number of benzene rings is 1. The summed E-state index contributed by atoms with van der Waals surface area (Å²) in [5.74, 6) is 1.05. The van der Waals surface area contributed by atoms with E-state index in [4.69, 9.17) is 4.42 Å². The molecule has 1 aromatic heterocycles. The number of aryl methyl sites for hydroxylation is 2. The van der Waals surface area contributed by atoms with Crippen molar-refractivity contribution in [3.63, 3.8) is 0 Å². The quantitative estimate of drug-likeness (QED) is 0.880. The molecule has 0 saturated heterocycles. The largest absolute Gasteiger partial charge is 0.467 e. The summed E-state index contributed by atoms with van der Waals surface area (Å²) >= 11 is 0. The van der Waals surface area contributed by atoms with Gasteiger partial charge in [-0.1, -0.05) is 23.8 Å².